The maximum atomic E-state index is 15.7. The van der Waals surface area contributed by atoms with Crippen molar-refractivity contribution in [3.8, 4) is 0 Å². The van der Waals surface area contributed by atoms with Crippen LogP contribution in [0.3, 0.4) is 0 Å². The number of hydrogen-bond acceptors (Lipinski definition) is 14. The Bertz CT molecular complexity index is 2680. The van der Waals surface area contributed by atoms with E-state index >= 15 is 8.78 Å². The van der Waals surface area contributed by atoms with Crippen LogP contribution in [0.25, 0.3) is 0 Å². The second kappa shape index (κ2) is 20.8. The van der Waals surface area contributed by atoms with Gasteiger partial charge in [-0.3, -0.25) is 48.8 Å². The zero-order valence-corrected chi connectivity index (χ0v) is 43.8. The number of nitrogens with zero attached hydrogens (tertiary/aromatic N) is 8. The summed E-state index contributed by atoms with van der Waals surface area (Å²) in [5, 5.41) is 12.3. The third-order valence-corrected chi connectivity index (χ3v) is 16.5. The van der Waals surface area contributed by atoms with Gasteiger partial charge in [0.25, 0.3) is 11.8 Å². The molecule has 0 radical (unpaired) electrons. The number of carbonyl (C=O) groups excluding carboxylic acids is 6. The minimum atomic E-state index is -1.07. The van der Waals surface area contributed by atoms with Gasteiger partial charge in [0.15, 0.2) is 0 Å². The SMILES string of the molecule is CCC(C)(CC(C)(C)Nc1cccc2c1C(=O)N(C1CCC(=O)NC1=O)C2=O)C(=O)N1CCN(CCNc2cc(N3CCC4(CC3)CN(c3cc(F)c(CN5CCC(C)(C)CC5)cc3F)CC(=O)N4)ncn2)CC1. The summed E-state index contributed by atoms with van der Waals surface area (Å²) in [6.07, 6.45) is 5.89. The summed E-state index contributed by atoms with van der Waals surface area (Å²) in [5.41, 5.74) is -0.500. The van der Waals surface area contributed by atoms with Crippen LogP contribution in [0.5, 0.6) is 0 Å². The van der Waals surface area contributed by atoms with E-state index in [2.05, 4.69) is 59.8 Å². The van der Waals surface area contributed by atoms with Crippen molar-refractivity contribution in [3.63, 3.8) is 0 Å². The molecule has 2 atom stereocenters. The molecule has 18 nitrogen and oxygen atoms in total. The van der Waals surface area contributed by atoms with Gasteiger partial charge >= 0.3 is 0 Å². The van der Waals surface area contributed by atoms with Gasteiger partial charge in [-0.05, 0) is 95.5 Å². The van der Waals surface area contributed by atoms with Crippen molar-refractivity contribution in [2.75, 3.05) is 99.0 Å². The number of anilines is 4. The molecule has 9 rings (SSSR count). The summed E-state index contributed by atoms with van der Waals surface area (Å²) >= 11 is 0. The molecule has 0 saturated carbocycles. The average Bonchev–Trinajstić information content (AvgIpc) is 3.61. The first-order valence-corrected chi connectivity index (χ1v) is 26.4. The molecule has 6 aliphatic rings. The lowest BCUT2D eigenvalue weighted by Crippen LogP contribution is -2.66. The van der Waals surface area contributed by atoms with Crippen molar-refractivity contribution in [2.24, 2.45) is 10.8 Å². The second-order valence-corrected chi connectivity index (χ2v) is 23.1. The summed E-state index contributed by atoms with van der Waals surface area (Å²) in [6, 6.07) is 8.41. The van der Waals surface area contributed by atoms with Crippen molar-refractivity contribution in [1.82, 2.24) is 40.2 Å². The molecule has 6 aliphatic heterocycles. The normalized spacial score (nSPS) is 22.4. The van der Waals surface area contributed by atoms with E-state index in [4.69, 9.17) is 0 Å². The number of halogens is 2. The van der Waals surface area contributed by atoms with Crippen LogP contribution in [0.15, 0.2) is 42.7 Å². The minimum Gasteiger partial charge on any atom is -0.379 e. The van der Waals surface area contributed by atoms with Crippen LogP contribution in [-0.4, -0.2) is 161 Å². The number of aromatic nitrogens is 2. The summed E-state index contributed by atoms with van der Waals surface area (Å²) in [7, 11) is 0. The van der Waals surface area contributed by atoms with Crippen LogP contribution in [0.2, 0.25) is 0 Å². The molecule has 1 aromatic heterocycles. The molecule has 0 aliphatic carbocycles. The van der Waals surface area contributed by atoms with Gasteiger partial charge in [-0.1, -0.05) is 33.8 Å². The van der Waals surface area contributed by atoms with E-state index in [1.165, 1.54) is 18.5 Å². The summed E-state index contributed by atoms with van der Waals surface area (Å²) in [5.74, 6) is -1.94. The van der Waals surface area contributed by atoms with E-state index in [0.717, 1.165) is 43.2 Å². The fourth-order valence-corrected chi connectivity index (χ4v) is 12.0. The molecule has 7 heterocycles. The molecule has 1 spiro atoms. The molecule has 398 valence electrons. The van der Waals surface area contributed by atoms with E-state index in [0.29, 0.717) is 102 Å². The van der Waals surface area contributed by atoms with Crippen LogP contribution in [0, 0.1) is 22.5 Å². The maximum absolute atomic E-state index is 15.7. The first-order chi connectivity index (χ1) is 35.1. The molecule has 5 saturated heterocycles. The van der Waals surface area contributed by atoms with Crippen molar-refractivity contribution < 1.29 is 37.5 Å². The number of hydrogen-bond donors (Lipinski definition) is 4. The Hall–Kier alpha value is -6.28. The van der Waals surface area contributed by atoms with E-state index in [1.807, 2.05) is 38.7 Å². The van der Waals surface area contributed by atoms with Gasteiger partial charge in [-0.15, -0.1) is 0 Å². The number of piperidine rings is 3. The van der Waals surface area contributed by atoms with Crippen LogP contribution in [-0.2, 0) is 25.7 Å². The minimum absolute atomic E-state index is 0.0329. The number of imide groups is 2. The van der Waals surface area contributed by atoms with Gasteiger partial charge in [-0.25, -0.2) is 18.7 Å². The average molecular weight is 1020 g/mol. The van der Waals surface area contributed by atoms with E-state index < -0.39 is 57.8 Å². The Morgan fingerprint density at radius 3 is 2.27 bits per heavy atom. The smallest absolute Gasteiger partial charge is 0.264 e. The predicted octanol–water partition coefficient (Wildman–Crippen LogP) is 5.01. The van der Waals surface area contributed by atoms with Crippen LogP contribution >= 0.6 is 0 Å². The first kappa shape index (κ1) is 52.6. The number of nitrogens with one attached hydrogen (secondary N) is 4. The summed E-state index contributed by atoms with van der Waals surface area (Å²) < 4.78 is 31.3. The molecule has 20 heteroatoms. The van der Waals surface area contributed by atoms with Crippen LogP contribution in [0.1, 0.15) is 119 Å². The van der Waals surface area contributed by atoms with E-state index in [9.17, 15) is 28.8 Å². The third-order valence-electron chi connectivity index (χ3n) is 16.5. The predicted molar refractivity (Wildman–Crippen MR) is 277 cm³/mol. The Morgan fingerprint density at radius 1 is 0.838 bits per heavy atom. The Balaban J connectivity index is 0.733. The molecule has 74 heavy (non-hydrogen) atoms. The number of benzene rings is 2. The fourth-order valence-electron chi connectivity index (χ4n) is 12.0. The zero-order valence-electron chi connectivity index (χ0n) is 43.8. The van der Waals surface area contributed by atoms with E-state index in [1.54, 1.807) is 23.1 Å². The van der Waals surface area contributed by atoms with Crippen LogP contribution < -0.4 is 31.1 Å². The standard InChI is InChI=1S/C54H72F2N12O6/c1-7-53(6,32-52(4,5)61-39-10-8-9-36-46(39)49(73)68(48(36)72)40-11-12-44(69)60-47(40)71)50(74)66-25-23-63(24-26-66)22-17-57-42-29-43(59-34-58-42)65-20-15-54(16-21-65)33-67(31-45(70)62-54)41-28-37(55)35(27-38(41)56)30-64-18-13-51(2,3)14-19-64/h8-10,27-29,34,40,61H,7,11-26,30-33H2,1-6H3,(H,62,70)(H,57,58,59)(H,60,69,71). The van der Waals surface area contributed by atoms with E-state index in [-0.39, 0.29) is 53.4 Å². The molecule has 2 unspecified atom stereocenters. The fraction of sp³-hybridized carbons (Fsp3) is 0.593. The van der Waals surface area contributed by atoms with Gasteiger partial charge in [0, 0.05) is 106 Å². The lowest BCUT2D eigenvalue weighted by Gasteiger charge is -2.48. The highest BCUT2D eigenvalue weighted by Gasteiger charge is 2.47. The van der Waals surface area contributed by atoms with Crippen molar-refractivity contribution in [1.29, 1.82) is 0 Å². The lowest BCUT2D eigenvalue weighted by atomic mass is 9.75. The van der Waals surface area contributed by atoms with Gasteiger partial charge in [0.2, 0.25) is 23.6 Å². The second-order valence-electron chi connectivity index (χ2n) is 23.1. The van der Waals surface area contributed by atoms with Crippen molar-refractivity contribution in [2.45, 2.75) is 117 Å². The van der Waals surface area contributed by atoms with Gasteiger partial charge in [0.05, 0.1) is 28.9 Å². The Labute approximate surface area is 432 Å². The molecule has 6 amide bonds. The number of rotatable bonds is 15. The summed E-state index contributed by atoms with van der Waals surface area (Å²) in [6.45, 7) is 19.9. The highest BCUT2D eigenvalue weighted by atomic mass is 19.1. The number of amides is 6. The van der Waals surface area contributed by atoms with Gasteiger partial charge < -0.3 is 30.7 Å². The lowest BCUT2D eigenvalue weighted by molar-refractivity contribution is -0.144. The first-order valence-electron chi connectivity index (χ1n) is 26.4. The monoisotopic (exact) mass is 1020 g/mol. The molecule has 5 fully saturated rings. The molecule has 2 aromatic carbocycles. The highest BCUT2D eigenvalue weighted by Crippen LogP contribution is 2.40. The van der Waals surface area contributed by atoms with Gasteiger partial charge in [-0.2, -0.15) is 0 Å². The maximum Gasteiger partial charge on any atom is 0.264 e. The largest absolute Gasteiger partial charge is 0.379 e. The Morgan fingerprint density at radius 2 is 1.57 bits per heavy atom. The van der Waals surface area contributed by atoms with Gasteiger partial charge in [0.1, 0.15) is 35.6 Å². The molecular formula is C54H72F2N12O6. The number of carbonyl (C=O) groups is 6. The number of likely N-dealkylation sites (tertiary alicyclic amines) is 1. The molecule has 3 aromatic rings. The Kier molecular flexibility index (Phi) is 14.8. The topological polar surface area (TPSA) is 196 Å². The van der Waals surface area contributed by atoms with Crippen molar-refractivity contribution in [3.05, 3.63) is 71.1 Å². The zero-order chi connectivity index (χ0) is 52.7. The molecule has 4 N–H and O–H groups in total. The van der Waals surface area contributed by atoms with Crippen LogP contribution in [0.4, 0.5) is 31.8 Å². The quantitative estimate of drug-likeness (QED) is 0.149. The highest BCUT2D eigenvalue weighted by molar-refractivity contribution is 6.25. The summed E-state index contributed by atoms with van der Waals surface area (Å²) in [4.78, 5) is 99.4. The number of piperazine rings is 2. The molecular weight excluding hydrogens is 951 g/mol. The number of fused-ring (bicyclic) bond motifs is 1. The molecule has 0 bridgehead atoms. The third kappa shape index (κ3) is 11.2. The van der Waals surface area contributed by atoms with Crippen molar-refractivity contribution >= 4 is 58.5 Å².